The minimum Gasteiger partial charge on any atom is -0.385 e. The molecular formula is C11H22ClNO2. The van der Waals surface area contributed by atoms with Crippen LogP contribution in [-0.2, 0) is 9.53 Å². The number of carbonyl (C=O) groups is 1. The van der Waals surface area contributed by atoms with Gasteiger partial charge in [-0.1, -0.05) is 0 Å². The minimum absolute atomic E-state index is 0.145. The van der Waals surface area contributed by atoms with E-state index in [-0.39, 0.29) is 5.91 Å². The van der Waals surface area contributed by atoms with Gasteiger partial charge >= 0.3 is 0 Å². The molecule has 0 saturated carbocycles. The third-order valence-corrected chi connectivity index (χ3v) is 2.40. The molecule has 0 aliphatic rings. The fraction of sp³-hybridized carbons (Fsp3) is 0.909. The lowest BCUT2D eigenvalue weighted by Gasteiger charge is -2.04. The van der Waals surface area contributed by atoms with Crippen LogP contribution in [0.15, 0.2) is 0 Å². The summed E-state index contributed by atoms with van der Waals surface area (Å²) in [6.45, 7) is 1.59. The van der Waals surface area contributed by atoms with Crippen LogP contribution in [0.2, 0.25) is 0 Å². The number of nitrogens with one attached hydrogen (secondary N) is 1. The van der Waals surface area contributed by atoms with Crippen molar-refractivity contribution in [3.05, 3.63) is 0 Å². The Balaban J connectivity index is 3.10. The molecular weight excluding hydrogens is 214 g/mol. The standard InChI is InChI=1S/C11H22ClNO2/c1-15-10-6-2-5-9-13-11(14)7-3-4-8-12/h2-10H2,1H3,(H,13,14). The third-order valence-electron chi connectivity index (χ3n) is 2.13. The summed E-state index contributed by atoms with van der Waals surface area (Å²) < 4.78 is 4.94. The lowest BCUT2D eigenvalue weighted by atomic mass is 10.2. The smallest absolute Gasteiger partial charge is 0.219 e. The fourth-order valence-electron chi connectivity index (χ4n) is 1.24. The molecule has 0 aliphatic heterocycles. The number of unbranched alkanes of at least 4 members (excludes halogenated alkanes) is 3. The van der Waals surface area contributed by atoms with Crippen LogP contribution >= 0.6 is 11.6 Å². The number of carbonyl (C=O) groups excluding carboxylic acids is 1. The molecule has 0 radical (unpaired) electrons. The molecule has 0 saturated heterocycles. The van der Waals surface area contributed by atoms with Gasteiger partial charge in [-0.3, -0.25) is 4.79 Å². The van der Waals surface area contributed by atoms with E-state index in [0.717, 1.165) is 45.3 Å². The van der Waals surface area contributed by atoms with Crippen molar-refractivity contribution in [3.8, 4) is 0 Å². The Kier molecular flexibility index (Phi) is 11.6. The van der Waals surface area contributed by atoms with Gasteiger partial charge in [0.15, 0.2) is 0 Å². The van der Waals surface area contributed by atoms with Gasteiger partial charge in [-0.2, -0.15) is 0 Å². The summed E-state index contributed by atoms with van der Waals surface area (Å²) in [4.78, 5) is 11.2. The van der Waals surface area contributed by atoms with Gasteiger partial charge < -0.3 is 10.1 Å². The van der Waals surface area contributed by atoms with Crippen LogP contribution in [0.5, 0.6) is 0 Å². The Morgan fingerprint density at radius 1 is 1.20 bits per heavy atom. The van der Waals surface area contributed by atoms with Gasteiger partial charge in [0.25, 0.3) is 0 Å². The van der Waals surface area contributed by atoms with E-state index >= 15 is 0 Å². The van der Waals surface area contributed by atoms with Crippen molar-refractivity contribution in [2.24, 2.45) is 0 Å². The zero-order valence-electron chi connectivity index (χ0n) is 9.56. The van der Waals surface area contributed by atoms with E-state index in [0.29, 0.717) is 12.3 Å². The summed E-state index contributed by atoms with van der Waals surface area (Å²) in [6, 6.07) is 0. The summed E-state index contributed by atoms with van der Waals surface area (Å²) in [7, 11) is 1.71. The number of hydrogen-bond donors (Lipinski definition) is 1. The number of alkyl halides is 1. The van der Waals surface area contributed by atoms with Crippen molar-refractivity contribution in [1.82, 2.24) is 5.32 Å². The monoisotopic (exact) mass is 235 g/mol. The zero-order chi connectivity index (χ0) is 11.4. The quantitative estimate of drug-likeness (QED) is 0.466. The molecule has 15 heavy (non-hydrogen) atoms. The third kappa shape index (κ3) is 11.6. The van der Waals surface area contributed by atoms with Crippen molar-refractivity contribution in [2.45, 2.75) is 38.5 Å². The van der Waals surface area contributed by atoms with Crippen LogP contribution in [0.3, 0.4) is 0 Å². The number of amides is 1. The maximum Gasteiger partial charge on any atom is 0.219 e. The van der Waals surface area contributed by atoms with E-state index < -0.39 is 0 Å². The summed E-state index contributed by atoms with van der Waals surface area (Å²) in [5.41, 5.74) is 0. The molecule has 90 valence electrons. The molecule has 0 aliphatic carbocycles. The Morgan fingerprint density at radius 3 is 2.67 bits per heavy atom. The molecule has 0 spiro atoms. The summed E-state index contributed by atoms with van der Waals surface area (Å²) >= 11 is 5.52. The van der Waals surface area contributed by atoms with Crippen molar-refractivity contribution in [1.29, 1.82) is 0 Å². The van der Waals surface area contributed by atoms with Gasteiger partial charge in [0.05, 0.1) is 0 Å². The molecule has 3 nitrogen and oxygen atoms in total. The van der Waals surface area contributed by atoms with E-state index in [9.17, 15) is 4.79 Å². The molecule has 0 fully saturated rings. The average molecular weight is 236 g/mol. The van der Waals surface area contributed by atoms with E-state index in [1.54, 1.807) is 7.11 Å². The summed E-state index contributed by atoms with van der Waals surface area (Å²) in [5, 5.41) is 2.90. The van der Waals surface area contributed by atoms with Gasteiger partial charge in [0.1, 0.15) is 0 Å². The Bertz CT molecular complexity index is 154. The largest absolute Gasteiger partial charge is 0.385 e. The average Bonchev–Trinajstić information content (AvgIpc) is 2.23. The van der Waals surface area contributed by atoms with E-state index in [2.05, 4.69) is 5.32 Å². The second-order valence-electron chi connectivity index (χ2n) is 3.55. The van der Waals surface area contributed by atoms with Gasteiger partial charge in [-0.25, -0.2) is 0 Å². The first-order chi connectivity index (χ1) is 7.31. The van der Waals surface area contributed by atoms with Gasteiger partial charge in [-0.05, 0) is 32.1 Å². The minimum atomic E-state index is 0.145. The maximum atomic E-state index is 11.2. The highest BCUT2D eigenvalue weighted by Gasteiger charge is 1.99. The van der Waals surface area contributed by atoms with Crippen LogP contribution < -0.4 is 5.32 Å². The van der Waals surface area contributed by atoms with Crippen molar-refractivity contribution < 1.29 is 9.53 Å². The number of halogens is 1. The Morgan fingerprint density at radius 2 is 2.00 bits per heavy atom. The van der Waals surface area contributed by atoms with Crippen LogP contribution in [0.25, 0.3) is 0 Å². The molecule has 0 bridgehead atoms. The molecule has 0 heterocycles. The van der Waals surface area contributed by atoms with E-state index in [4.69, 9.17) is 16.3 Å². The predicted molar refractivity (Wildman–Crippen MR) is 63.3 cm³/mol. The van der Waals surface area contributed by atoms with Crippen LogP contribution in [0, 0.1) is 0 Å². The molecule has 1 N–H and O–H groups in total. The lowest BCUT2D eigenvalue weighted by molar-refractivity contribution is -0.121. The second-order valence-corrected chi connectivity index (χ2v) is 3.93. The van der Waals surface area contributed by atoms with Crippen LogP contribution in [0.4, 0.5) is 0 Å². The SMILES string of the molecule is COCCCCCNC(=O)CCCCCl. The van der Waals surface area contributed by atoms with Crippen molar-refractivity contribution in [3.63, 3.8) is 0 Å². The van der Waals surface area contributed by atoms with Gasteiger partial charge in [-0.15, -0.1) is 11.6 Å². The topological polar surface area (TPSA) is 38.3 Å². The van der Waals surface area contributed by atoms with Crippen LogP contribution in [0.1, 0.15) is 38.5 Å². The Hall–Kier alpha value is -0.280. The number of rotatable bonds is 10. The lowest BCUT2D eigenvalue weighted by Crippen LogP contribution is -2.24. The molecule has 0 aromatic carbocycles. The van der Waals surface area contributed by atoms with E-state index in [1.165, 1.54) is 0 Å². The normalized spacial score (nSPS) is 10.3. The summed E-state index contributed by atoms with van der Waals surface area (Å²) in [5.74, 6) is 0.788. The second kappa shape index (κ2) is 11.8. The van der Waals surface area contributed by atoms with Gasteiger partial charge in [0.2, 0.25) is 5.91 Å². The molecule has 0 atom stereocenters. The van der Waals surface area contributed by atoms with E-state index in [1.807, 2.05) is 0 Å². The van der Waals surface area contributed by atoms with Gasteiger partial charge in [0, 0.05) is 32.6 Å². The molecule has 0 unspecified atom stereocenters. The summed E-state index contributed by atoms with van der Waals surface area (Å²) in [6.07, 6.45) is 5.62. The number of methoxy groups -OCH3 is 1. The molecule has 0 aromatic heterocycles. The number of ether oxygens (including phenoxy) is 1. The predicted octanol–water partition coefficient (Wildman–Crippen LogP) is 2.33. The maximum absolute atomic E-state index is 11.2. The van der Waals surface area contributed by atoms with Crippen molar-refractivity contribution in [2.75, 3.05) is 26.1 Å². The van der Waals surface area contributed by atoms with Crippen molar-refractivity contribution >= 4 is 17.5 Å². The Labute approximate surface area is 97.5 Å². The first kappa shape index (κ1) is 14.7. The molecule has 0 aromatic rings. The number of hydrogen-bond acceptors (Lipinski definition) is 2. The zero-order valence-corrected chi connectivity index (χ0v) is 10.3. The molecule has 4 heteroatoms. The fourth-order valence-corrected chi connectivity index (χ4v) is 1.43. The highest BCUT2D eigenvalue weighted by atomic mass is 35.5. The first-order valence-electron chi connectivity index (χ1n) is 5.63. The first-order valence-corrected chi connectivity index (χ1v) is 6.16. The van der Waals surface area contributed by atoms with Crippen LogP contribution in [-0.4, -0.2) is 32.0 Å². The molecule has 0 rings (SSSR count). The highest BCUT2D eigenvalue weighted by molar-refractivity contribution is 6.17. The molecule has 1 amide bonds. The highest BCUT2D eigenvalue weighted by Crippen LogP contribution is 1.98.